The number of nitrogens with zero attached hydrogens (tertiary/aromatic N) is 3. The van der Waals surface area contributed by atoms with Crippen LogP contribution in [0.25, 0.3) is 11.0 Å². The number of carbonyl (C=O) groups excluding carboxylic acids is 2. The van der Waals surface area contributed by atoms with Gasteiger partial charge >= 0.3 is 5.97 Å². The molecule has 2 aromatic carbocycles. The summed E-state index contributed by atoms with van der Waals surface area (Å²) in [7, 11) is 0. The predicted octanol–water partition coefficient (Wildman–Crippen LogP) is 2.11. The number of ether oxygens (including phenoxy) is 1. The molecule has 27 heavy (non-hydrogen) atoms. The lowest BCUT2D eigenvalue weighted by molar-refractivity contribution is -0.149. The number of hydrogen-bond acceptors (Lipinski definition) is 5. The number of nitrogens with one attached hydrogen (secondary N) is 1. The Hall–Kier alpha value is -3.22. The topological polar surface area (TPSA) is 86.1 Å². The minimum Gasteiger partial charge on any atom is -0.454 e. The highest BCUT2D eigenvalue weighted by molar-refractivity contribution is 5.81. The third kappa shape index (κ3) is 5.37. The molecule has 7 nitrogen and oxygen atoms in total. The molecular weight excluding hydrogens is 344 g/mol. The molecular formula is C20H22N4O3. The Balaban J connectivity index is 1.40. The zero-order valence-corrected chi connectivity index (χ0v) is 15.2. The molecule has 1 aromatic heterocycles. The van der Waals surface area contributed by atoms with Crippen LogP contribution in [0.1, 0.15) is 18.9 Å². The van der Waals surface area contributed by atoms with Gasteiger partial charge < -0.3 is 10.1 Å². The van der Waals surface area contributed by atoms with E-state index in [1.165, 1.54) is 10.2 Å². The van der Waals surface area contributed by atoms with Crippen LogP contribution in [0, 0.1) is 0 Å². The Morgan fingerprint density at radius 2 is 1.85 bits per heavy atom. The smallest absolute Gasteiger partial charge is 0.328 e. The van der Waals surface area contributed by atoms with Gasteiger partial charge in [0, 0.05) is 6.04 Å². The Morgan fingerprint density at radius 3 is 2.67 bits per heavy atom. The number of carbonyl (C=O) groups is 2. The highest BCUT2D eigenvalue weighted by atomic mass is 16.5. The third-order valence-corrected chi connectivity index (χ3v) is 4.18. The second kappa shape index (κ2) is 8.93. The summed E-state index contributed by atoms with van der Waals surface area (Å²) in [5.41, 5.74) is 2.67. The second-order valence-electron chi connectivity index (χ2n) is 6.39. The first-order chi connectivity index (χ1) is 13.1. The van der Waals surface area contributed by atoms with Crippen molar-refractivity contribution < 1.29 is 14.3 Å². The average Bonchev–Trinajstić information content (AvgIpc) is 3.08. The number of fused-ring (bicyclic) bond motifs is 1. The lowest BCUT2D eigenvalue weighted by atomic mass is 10.1. The summed E-state index contributed by atoms with van der Waals surface area (Å²) in [4.78, 5) is 23.9. The van der Waals surface area contributed by atoms with E-state index in [9.17, 15) is 9.59 Å². The molecule has 1 N–H and O–H groups in total. The fourth-order valence-electron chi connectivity index (χ4n) is 2.76. The molecule has 3 rings (SSSR count). The molecule has 0 aliphatic carbocycles. The molecule has 7 heteroatoms. The lowest BCUT2D eigenvalue weighted by Gasteiger charge is -2.14. The van der Waals surface area contributed by atoms with E-state index in [1.54, 1.807) is 0 Å². The first kappa shape index (κ1) is 18.6. The Labute approximate surface area is 157 Å². The van der Waals surface area contributed by atoms with Crippen LogP contribution in [0.3, 0.4) is 0 Å². The fraction of sp³-hybridized carbons (Fsp3) is 0.300. The van der Waals surface area contributed by atoms with Gasteiger partial charge in [-0.3, -0.25) is 9.59 Å². The van der Waals surface area contributed by atoms with Crippen molar-refractivity contribution in [2.24, 2.45) is 0 Å². The summed E-state index contributed by atoms with van der Waals surface area (Å²) in [6, 6.07) is 17.4. The number of hydrogen-bond donors (Lipinski definition) is 1. The number of aryl methyl sites for hydroxylation is 1. The molecule has 0 saturated heterocycles. The molecule has 1 heterocycles. The van der Waals surface area contributed by atoms with Crippen LogP contribution in [0.5, 0.6) is 0 Å². The lowest BCUT2D eigenvalue weighted by Crippen LogP contribution is -2.36. The van der Waals surface area contributed by atoms with Gasteiger partial charge in [-0.1, -0.05) is 47.7 Å². The molecule has 0 unspecified atom stereocenters. The molecule has 0 bridgehead atoms. The van der Waals surface area contributed by atoms with Gasteiger partial charge in [0.15, 0.2) is 6.61 Å². The van der Waals surface area contributed by atoms with Crippen LogP contribution in [0.15, 0.2) is 54.6 Å². The molecule has 1 amide bonds. The van der Waals surface area contributed by atoms with E-state index in [1.807, 2.05) is 49.4 Å². The molecule has 0 aliphatic rings. The van der Waals surface area contributed by atoms with E-state index in [-0.39, 0.29) is 25.1 Å². The normalized spacial score (nSPS) is 11.9. The average molecular weight is 366 g/mol. The maximum absolute atomic E-state index is 12.0. The van der Waals surface area contributed by atoms with Gasteiger partial charge in [0.05, 0.1) is 5.52 Å². The van der Waals surface area contributed by atoms with E-state index in [0.29, 0.717) is 5.52 Å². The fourth-order valence-corrected chi connectivity index (χ4v) is 2.76. The van der Waals surface area contributed by atoms with Crippen molar-refractivity contribution in [1.82, 2.24) is 20.3 Å². The highest BCUT2D eigenvalue weighted by Crippen LogP contribution is 2.09. The maximum Gasteiger partial charge on any atom is 0.328 e. The van der Waals surface area contributed by atoms with Gasteiger partial charge in [-0.2, -0.15) is 0 Å². The van der Waals surface area contributed by atoms with Crippen molar-refractivity contribution in [1.29, 1.82) is 0 Å². The number of benzene rings is 2. The largest absolute Gasteiger partial charge is 0.454 e. The van der Waals surface area contributed by atoms with Crippen molar-refractivity contribution >= 4 is 22.9 Å². The standard InChI is InChI=1S/C20H22N4O3/c1-15(11-12-16-7-3-2-4-8-16)21-19(25)14-27-20(26)13-24-18-10-6-5-9-17(18)22-23-24/h2-10,15H,11-14H2,1H3,(H,21,25)/t15-/m0/s1. The summed E-state index contributed by atoms with van der Waals surface area (Å²) in [5.74, 6) is -0.842. The Morgan fingerprint density at radius 1 is 1.11 bits per heavy atom. The quantitative estimate of drug-likeness (QED) is 0.617. The van der Waals surface area contributed by atoms with Crippen LogP contribution >= 0.6 is 0 Å². The van der Waals surface area contributed by atoms with Crippen molar-refractivity contribution in [3.8, 4) is 0 Å². The predicted molar refractivity (Wildman–Crippen MR) is 101 cm³/mol. The van der Waals surface area contributed by atoms with Crippen LogP contribution in [0.4, 0.5) is 0 Å². The summed E-state index contributed by atoms with van der Waals surface area (Å²) in [6.45, 7) is 1.54. The number of rotatable bonds is 8. The van der Waals surface area contributed by atoms with Crippen molar-refractivity contribution in [3.05, 3.63) is 60.2 Å². The molecule has 1 atom stereocenters. The second-order valence-corrected chi connectivity index (χ2v) is 6.39. The summed E-state index contributed by atoms with van der Waals surface area (Å²) in [5, 5.41) is 10.7. The van der Waals surface area contributed by atoms with Gasteiger partial charge in [-0.25, -0.2) is 4.68 Å². The molecule has 0 fully saturated rings. The van der Waals surface area contributed by atoms with E-state index in [0.717, 1.165) is 18.4 Å². The minimum absolute atomic E-state index is 0.00401. The number of para-hydroxylation sites is 1. The number of amides is 1. The highest BCUT2D eigenvalue weighted by Gasteiger charge is 2.13. The maximum atomic E-state index is 12.0. The SMILES string of the molecule is C[C@@H](CCc1ccccc1)NC(=O)COC(=O)Cn1nnc2ccccc21. The molecule has 0 aliphatic heterocycles. The van der Waals surface area contributed by atoms with E-state index < -0.39 is 5.97 Å². The molecule has 140 valence electrons. The number of aromatic nitrogens is 3. The molecule has 0 spiro atoms. The third-order valence-electron chi connectivity index (χ3n) is 4.18. The molecule has 3 aromatic rings. The monoisotopic (exact) mass is 366 g/mol. The van der Waals surface area contributed by atoms with Crippen LogP contribution in [-0.4, -0.2) is 39.5 Å². The molecule has 0 radical (unpaired) electrons. The van der Waals surface area contributed by atoms with Gasteiger partial charge in [-0.15, -0.1) is 5.10 Å². The minimum atomic E-state index is -0.530. The molecule has 0 saturated carbocycles. The zero-order valence-electron chi connectivity index (χ0n) is 15.2. The Bertz CT molecular complexity index is 908. The summed E-state index contributed by atoms with van der Waals surface area (Å²) < 4.78 is 6.51. The summed E-state index contributed by atoms with van der Waals surface area (Å²) in [6.07, 6.45) is 1.69. The van der Waals surface area contributed by atoms with Crippen molar-refractivity contribution in [3.63, 3.8) is 0 Å². The van der Waals surface area contributed by atoms with E-state index in [2.05, 4.69) is 27.8 Å². The van der Waals surface area contributed by atoms with Crippen LogP contribution in [-0.2, 0) is 27.3 Å². The zero-order chi connectivity index (χ0) is 19.1. The number of esters is 1. The summed E-state index contributed by atoms with van der Waals surface area (Å²) >= 11 is 0. The first-order valence-corrected chi connectivity index (χ1v) is 8.89. The van der Waals surface area contributed by atoms with Gasteiger partial charge in [0.25, 0.3) is 5.91 Å². The van der Waals surface area contributed by atoms with Gasteiger partial charge in [0.2, 0.25) is 0 Å². The van der Waals surface area contributed by atoms with Crippen molar-refractivity contribution in [2.75, 3.05) is 6.61 Å². The van der Waals surface area contributed by atoms with E-state index >= 15 is 0 Å². The van der Waals surface area contributed by atoms with Gasteiger partial charge in [0.1, 0.15) is 12.1 Å². The van der Waals surface area contributed by atoms with E-state index in [4.69, 9.17) is 4.74 Å². The Kier molecular flexibility index (Phi) is 6.14. The van der Waals surface area contributed by atoms with Crippen LogP contribution < -0.4 is 5.32 Å². The van der Waals surface area contributed by atoms with Gasteiger partial charge in [-0.05, 0) is 37.5 Å². The first-order valence-electron chi connectivity index (χ1n) is 8.89. The van der Waals surface area contributed by atoms with Crippen molar-refractivity contribution in [2.45, 2.75) is 32.4 Å². The van der Waals surface area contributed by atoms with Crippen LogP contribution in [0.2, 0.25) is 0 Å².